The molecule has 0 N–H and O–H groups in total. The van der Waals surface area contributed by atoms with E-state index in [1.165, 1.54) is 36.8 Å². The Kier molecular flexibility index (Phi) is 11.8. The molecule has 0 amide bonds. The molecule has 2 aromatic carbocycles. The minimum absolute atomic E-state index is 0. The van der Waals surface area contributed by atoms with E-state index < -0.39 is 20.8 Å². The second-order valence-corrected chi connectivity index (χ2v) is 15.4. The van der Waals surface area contributed by atoms with Crippen LogP contribution in [0.25, 0.3) is 11.1 Å². The quantitative estimate of drug-likeness (QED) is 0.294. The van der Waals surface area contributed by atoms with E-state index in [0.717, 1.165) is 23.7 Å². The van der Waals surface area contributed by atoms with Gasteiger partial charge in [-0.2, -0.15) is 0 Å². The van der Waals surface area contributed by atoms with Crippen LogP contribution in [0, 0.1) is 38.5 Å². The summed E-state index contributed by atoms with van der Waals surface area (Å²) in [5, 5.41) is 0. The molecule has 2 saturated carbocycles. The summed E-state index contributed by atoms with van der Waals surface area (Å²) in [6.45, 7) is 9.38. The number of benzene rings is 2. The molecule has 0 radical (unpaired) electrons. The molecule has 0 aliphatic heterocycles. The van der Waals surface area contributed by atoms with Gasteiger partial charge in [-0.15, -0.1) is 0 Å². The Hall–Kier alpha value is -1.14. The molecule has 206 valence electrons. The van der Waals surface area contributed by atoms with Gasteiger partial charge in [0.1, 0.15) is 0 Å². The van der Waals surface area contributed by atoms with Crippen LogP contribution >= 0.6 is 17.0 Å². The Morgan fingerprint density at radius 2 is 0.769 bits per heavy atom. The van der Waals surface area contributed by atoms with Gasteiger partial charge in [-0.05, 0) is 111 Å². The molecule has 4 unspecified atom stereocenters. The van der Waals surface area contributed by atoms with E-state index in [-0.39, 0.29) is 14.9 Å². The third kappa shape index (κ3) is 6.53. The van der Waals surface area contributed by atoms with Gasteiger partial charge in [0.15, 0.2) is 0 Å². The predicted octanol–water partition coefficient (Wildman–Crippen LogP) is 11.7. The summed E-state index contributed by atoms with van der Waals surface area (Å²) in [5.41, 5.74) is 12.4. The van der Waals surface area contributed by atoms with Crippen LogP contribution in [0.3, 0.4) is 0 Å². The van der Waals surface area contributed by atoms with E-state index in [2.05, 4.69) is 101 Å². The van der Waals surface area contributed by atoms with Crippen molar-refractivity contribution in [2.45, 2.75) is 65.2 Å². The number of hydrogen-bond donors (Lipinski definition) is 0. The maximum absolute atomic E-state index is 4.93. The molecular weight excluding hydrogens is 595 g/mol. The number of halogens is 2. The van der Waals surface area contributed by atoms with E-state index in [1.54, 1.807) is 33.4 Å². The topological polar surface area (TPSA) is 0 Å². The second-order valence-electron chi connectivity index (χ2n) is 11.7. The Balaban J connectivity index is 0.000000805. The normalized spacial score (nSPS) is 28.5. The monoisotopic (exact) mass is 636 g/mol. The molecule has 39 heavy (non-hydrogen) atoms. The SMILES string of the molecule is CC1=CC=C(C)C2CC(c3ccccc3-c3ccccc3C3CC4C(C)=CC=C(C)C4C3)CC12.[CH3-].[CH3-].[Cl][Zr+2][Cl]. The van der Waals surface area contributed by atoms with Crippen molar-refractivity contribution < 1.29 is 20.8 Å². The Morgan fingerprint density at radius 3 is 1.05 bits per heavy atom. The van der Waals surface area contributed by atoms with Gasteiger partial charge < -0.3 is 14.9 Å². The van der Waals surface area contributed by atoms with Crippen molar-refractivity contribution in [3.8, 4) is 11.1 Å². The van der Waals surface area contributed by atoms with Gasteiger partial charge in [-0.25, -0.2) is 0 Å². The van der Waals surface area contributed by atoms with Crippen LogP contribution in [0.15, 0.2) is 95.1 Å². The molecule has 4 aliphatic rings. The van der Waals surface area contributed by atoms with Gasteiger partial charge in [0, 0.05) is 0 Å². The van der Waals surface area contributed by atoms with Crippen molar-refractivity contribution in [3.05, 3.63) is 121 Å². The molecule has 2 aromatic rings. The number of allylic oxidation sites excluding steroid dienone is 8. The van der Waals surface area contributed by atoms with Crippen LogP contribution < -0.4 is 0 Å². The average Bonchev–Trinajstić information content (AvgIpc) is 3.56. The first-order valence-electron chi connectivity index (χ1n) is 13.8. The van der Waals surface area contributed by atoms with Crippen LogP contribution in [0.5, 0.6) is 0 Å². The van der Waals surface area contributed by atoms with E-state index in [1.807, 2.05) is 0 Å². The first kappa shape index (κ1) is 32.4. The van der Waals surface area contributed by atoms with Crippen LogP contribution in [-0.2, 0) is 20.8 Å². The predicted molar refractivity (Wildman–Crippen MR) is 169 cm³/mol. The zero-order valence-electron chi connectivity index (χ0n) is 24.5. The first-order valence-corrected chi connectivity index (χ1v) is 20.1. The second kappa shape index (κ2) is 14.2. The van der Waals surface area contributed by atoms with Crippen LogP contribution in [0.2, 0.25) is 0 Å². The zero-order chi connectivity index (χ0) is 26.1. The molecule has 0 nitrogen and oxygen atoms in total. The molecule has 4 aliphatic carbocycles. The molecule has 0 saturated heterocycles. The van der Waals surface area contributed by atoms with Crippen molar-refractivity contribution in [2.24, 2.45) is 23.7 Å². The van der Waals surface area contributed by atoms with E-state index in [0.29, 0.717) is 11.8 Å². The average molecular weight is 639 g/mol. The summed E-state index contributed by atoms with van der Waals surface area (Å²) < 4.78 is 0. The fraction of sp³-hybridized carbons (Fsp3) is 0.389. The molecule has 2 fully saturated rings. The summed E-state index contributed by atoms with van der Waals surface area (Å²) >= 11 is -0.826. The zero-order valence-corrected chi connectivity index (χ0v) is 28.4. The van der Waals surface area contributed by atoms with Gasteiger partial charge in [-0.3, -0.25) is 0 Å². The third-order valence-electron chi connectivity index (χ3n) is 9.77. The van der Waals surface area contributed by atoms with E-state index in [4.69, 9.17) is 17.0 Å². The standard InChI is InChI=1S/C34H38.2CH3.2ClH.Zr/c1-21-13-14-22(2)32-18-25(17-31(21)32)27-9-5-7-11-29(27)30-12-8-6-10-28(30)26-19-33-23(3)15-16-24(4)34(33)20-26;;;;;/h5-16,25-26,31-34H,17-20H2,1-4H3;2*1H3;2*1H;/q;2*-1;;;+4/p-2. The van der Waals surface area contributed by atoms with Crippen LogP contribution in [-0.4, -0.2) is 0 Å². The molecular formula is C36H44Cl2Zr. The third-order valence-corrected chi connectivity index (χ3v) is 9.77. The van der Waals surface area contributed by atoms with Gasteiger partial charge in [0.2, 0.25) is 0 Å². The molecule has 0 heterocycles. The maximum atomic E-state index is 4.93. The van der Waals surface area contributed by atoms with Gasteiger partial charge in [0.25, 0.3) is 0 Å². The summed E-state index contributed by atoms with van der Waals surface area (Å²) in [6.07, 6.45) is 14.6. The van der Waals surface area contributed by atoms with Crippen molar-refractivity contribution in [2.75, 3.05) is 0 Å². The molecule has 6 rings (SSSR count). The van der Waals surface area contributed by atoms with Crippen LogP contribution in [0.4, 0.5) is 0 Å². The molecule has 0 spiro atoms. The van der Waals surface area contributed by atoms with Crippen molar-refractivity contribution >= 4 is 17.0 Å². The summed E-state index contributed by atoms with van der Waals surface area (Å²) in [6, 6.07) is 18.7. The molecule has 0 aromatic heterocycles. The van der Waals surface area contributed by atoms with E-state index in [9.17, 15) is 0 Å². The van der Waals surface area contributed by atoms with Crippen molar-refractivity contribution in [3.63, 3.8) is 0 Å². The van der Waals surface area contributed by atoms with Crippen molar-refractivity contribution in [1.82, 2.24) is 0 Å². The Labute approximate surface area is 257 Å². The Morgan fingerprint density at radius 1 is 0.513 bits per heavy atom. The van der Waals surface area contributed by atoms with E-state index >= 15 is 0 Å². The van der Waals surface area contributed by atoms with Crippen LogP contribution in [0.1, 0.15) is 76.3 Å². The number of fused-ring (bicyclic) bond motifs is 2. The fourth-order valence-corrected chi connectivity index (χ4v) is 7.81. The van der Waals surface area contributed by atoms with Gasteiger partial charge in [0.05, 0.1) is 0 Å². The fourth-order valence-electron chi connectivity index (χ4n) is 7.81. The summed E-state index contributed by atoms with van der Waals surface area (Å²) in [7, 11) is 9.87. The number of rotatable bonds is 3. The molecule has 3 heteroatoms. The first-order chi connectivity index (χ1) is 17.9. The molecule has 4 atom stereocenters. The summed E-state index contributed by atoms with van der Waals surface area (Å²) in [5.74, 6) is 4.18. The van der Waals surface area contributed by atoms with Gasteiger partial charge in [-0.1, -0.05) is 95.1 Å². The van der Waals surface area contributed by atoms with Crippen molar-refractivity contribution in [1.29, 1.82) is 0 Å². The van der Waals surface area contributed by atoms with Gasteiger partial charge >= 0.3 is 37.9 Å². The minimum atomic E-state index is -0.826. The Bertz CT molecular complexity index is 1120. The number of hydrogen-bond acceptors (Lipinski definition) is 0. The molecule has 0 bridgehead atoms. The summed E-state index contributed by atoms with van der Waals surface area (Å²) in [4.78, 5) is 0.